The van der Waals surface area contributed by atoms with Gasteiger partial charge in [-0.25, -0.2) is 13.1 Å². The molecule has 1 aliphatic heterocycles. The number of carbonyl (C=O) groups excluding carboxylic acids is 1. The molecule has 0 saturated carbocycles. The minimum absolute atomic E-state index is 0.103. The van der Waals surface area contributed by atoms with E-state index in [-0.39, 0.29) is 18.0 Å². The molecule has 34 heavy (non-hydrogen) atoms. The summed E-state index contributed by atoms with van der Waals surface area (Å²) in [7, 11) is -5.47. The lowest BCUT2D eigenvalue weighted by molar-refractivity contribution is -0.135. The third-order valence-corrected chi connectivity index (χ3v) is 14.0. The first kappa shape index (κ1) is 28.9. The minimum Gasteiger partial charge on any atom is -0.543 e. The largest absolute Gasteiger partial charge is 0.543 e. The molecule has 1 saturated heterocycles. The van der Waals surface area contributed by atoms with E-state index in [2.05, 4.69) is 58.4 Å². The summed E-state index contributed by atoms with van der Waals surface area (Å²) in [6, 6.07) is 7.72. The molecule has 0 aliphatic carbocycles. The molecule has 1 heterocycles. The molecule has 194 valence electrons. The van der Waals surface area contributed by atoms with Gasteiger partial charge in [-0.1, -0.05) is 60.6 Å². The third kappa shape index (κ3) is 7.07. The van der Waals surface area contributed by atoms with Gasteiger partial charge in [0.2, 0.25) is 15.9 Å². The summed E-state index contributed by atoms with van der Waals surface area (Å²) in [5.74, 6) is 0.987. The van der Waals surface area contributed by atoms with Crippen LogP contribution in [0.15, 0.2) is 24.3 Å². The van der Waals surface area contributed by atoms with Gasteiger partial charge in [-0.3, -0.25) is 4.79 Å². The summed E-state index contributed by atoms with van der Waals surface area (Å²) in [5.41, 5.74) is 2.48. The van der Waals surface area contributed by atoms with Crippen LogP contribution in [0.5, 0.6) is 5.75 Å². The Balaban J connectivity index is 2.38. The van der Waals surface area contributed by atoms with Crippen molar-refractivity contribution < 1.29 is 17.6 Å². The van der Waals surface area contributed by atoms with Crippen LogP contribution in [0.25, 0.3) is 0 Å². The van der Waals surface area contributed by atoms with Gasteiger partial charge in [0.25, 0.3) is 8.32 Å². The first-order valence-corrected chi connectivity index (χ1v) is 16.9. The van der Waals surface area contributed by atoms with Gasteiger partial charge in [-0.15, -0.1) is 0 Å². The second-order valence-corrected chi connectivity index (χ2v) is 18.0. The van der Waals surface area contributed by atoms with Crippen LogP contribution >= 0.6 is 0 Å². The highest BCUT2D eigenvalue weighted by Crippen LogP contribution is 2.42. The number of carbonyl (C=O) groups is 1. The summed E-state index contributed by atoms with van der Waals surface area (Å²) in [6.07, 6.45) is 4.58. The Morgan fingerprint density at radius 2 is 1.76 bits per heavy atom. The molecule has 1 aliphatic rings. The van der Waals surface area contributed by atoms with Gasteiger partial charge in [0.1, 0.15) is 5.75 Å². The lowest BCUT2D eigenvalue weighted by atomic mass is 9.91. The Bertz CT molecular complexity index is 895. The van der Waals surface area contributed by atoms with Crippen LogP contribution in [0.3, 0.4) is 0 Å². The van der Waals surface area contributed by atoms with Gasteiger partial charge in [0, 0.05) is 19.0 Å². The smallest absolute Gasteiger partial charge is 0.258 e. The molecule has 2 rings (SSSR count). The molecule has 0 radical (unpaired) electrons. The highest BCUT2D eigenvalue weighted by molar-refractivity contribution is 7.88. The number of likely N-dealkylation sites (tertiary alicyclic amines) is 1. The van der Waals surface area contributed by atoms with E-state index in [0.29, 0.717) is 36.0 Å². The molecule has 1 aromatic carbocycles. The van der Waals surface area contributed by atoms with Crippen molar-refractivity contribution in [3.05, 3.63) is 29.8 Å². The molecule has 6 nitrogen and oxygen atoms in total. The standard InChI is InChI=1S/C26H46N2O4SSi/c1-9-12-26(29)28-16-11-15-24(27-33(8,30)31)25(28)18-22-13-10-14-23(17-22)32-34(19(2)3,20(4)5)21(6)7/h10,13-14,17,19-21,24-25,27H,9,11-12,15-16,18H2,1-8H3. The van der Waals surface area contributed by atoms with Crippen LogP contribution in [0.2, 0.25) is 16.6 Å². The SMILES string of the molecule is CCCC(=O)N1CCCC(NS(C)(=O)=O)C1Cc1cccc(O[Si](C(C)C)(C(C)C)C(C)C)c1. The normalized spacial score (nSPS) is 19.8. The molecular formula is C26H46N2O4SSi. The molecule has 8 heteroatoms. The monoisotopic (exact) mass is 510 g/mol. The molecule has 2 atom stereocenters. The predicted octanol–water partition coefficient (Wildman–Crippen LogP) is 5.49. The van der Waals surface area contributed by atoms with Crippen LogP contribution in [-0.2, 0) is 21.2 Å². The molecule has 1 N–H and O–H groups in total. The Hall–Kier alpha value is -1.38. The maximum absolute atomic E-state index is 12.9. The van der Waals surface area contributed by atoms with Crippen LogP contribution in [0.1, 0.15) is 79.7 Å². The van der Waals surface area contributed by atoms with Crippen molar-refractivity contribution in [2.24, 2.45) is 0 Å². The van der Waals surface area contributed by atoms with Gasteiger partial charge in [-0.05, 0) is 60.0 Å². The van der Waals surface area contributed by atoms with Gasteiger partial charge in [-0.2, -0.15) is 0 Å². The second-order valence-electron chi connectivity index (χ2n) is 10.8. The first-order valence-electron chi connectivity index (χ1n) is 12.9. The molecule has 0 spiro atoms. The fourth-order valence-corrected chi connectivity index (χ4v) is 12.0. The van der Waals surface area contributed by atoms with E-state index in [0.717, 1.165) is 30.6 Å². The molecule has 2 unspecified atom stereocenters. The van der Waals surface area contributed by atoms with Gasteiger partial charge in [0.15, 0.2) is 0 Å². The third-order valence-electron chi connectivity index (χ3n) is 7.27. The number of nitrogens with one attached hydrogen (secondary N) is 1. The van der Waals surface area contributed by atoms with Crippen LogP contribution in [-0.4, -0.2) is 52.4 Å². The number of rotatable bonds is 11. The molecule has 0 aromatic heterocycles. The zero-order valence-corrected chi connectivity index (χ0v) is 24.2. The molecular weight excluding hydrogens is 464 g/mol. The number of sulfonamides is 1. The number of amides is 1. The van der Waals surface area contributed by atoms with Crippen LogP contribution in [0.4, 0.5) is 0 Å². The number of piperidine rings is 1. The lowest BCUT2D eigenvalue weighted by Crippen LogP contribution is -2.57. The molecule has 0 bridgehead atoms. The van der Waals surface area contributed by atoms with E-state index in [4.69, 9.17) is 4.43 Å². The van der Waals surface area contributed by atoms with Gasteiger partial charge in [0.05, 0.1) is 12.3 Å². The zero-order chi connectivity index (χ0) is 25.7. The highest BCUT2D eigenvalue weighted by Gasteiger charge is 2.47. The molecule has 1 fully saturated rings. The predicted molar refractivity (Wildman–Crippen MR) is 143 cm³/mol. The fraction of sp³-hybridized carbons (Fsp3) is 0.731. The summed E-state index contributed by atoms with van der Waals surface area (Å²) in [4.78, 5) is 14.8. The number of hydrogen-bond donors (Lipinski definition) is 1. The zero-order valence-electron chi connectivity index (χ0n) is 22.4. The minimum atomic E-state index is -3.38. The topological polar surface area (TPSA) is 75.7 Å². The highest BCUT2D eigenvalue weighted by atomic mass is 32.2. The van der Waals surface area contributed by atoms with Crippen molar-refractivity contribution in [1.29, 1.82) is 0 Å². The summed E-state index contributed by atoms with van der Waals surface area (Å²) in [6.45, 7) is 16.3. The number of hydrogen-bond acceptors (Lipinski definition) is 4. The fourth-order valence-electron chi connectivity index (χ4n) is 5.92. The van der Waals surface area contributed by atoms with Crippen molar-refractivity contribution >= 4 is 24.2 Å². The number of benzene rings is 1. The second kappa shape index (κ2) is 12.0. The molecule has 1 amide bonds. The Kier molecular flexibility index (Phi) is 10.2. The average molecular weight is 511 g/mol. The van der Waals surface area contributed by atoms with Gasteiger partial charge >= 0.3 is 0 Å². The van der Waals surface area contributed by atoms with Crippen molar-refractivity contribution in [2.45, 2.75) is 109 Å². The first-order chi connectivity index (χ1) is 15.8. The van der Waals surface area contributed by atoms with E-state index in [1.165, 1.54) is 6.26 Å². The molecule has 1 aromatic rings. The summed E-state index contributed by atoms with van der Waals surface area (Å²) in [5, 5.41) is 0. The average Bonchev–Trinajstić information content (AvgIpc) is 2.71. The van der Waals surface area contributed by atoms with Crippen molar-refractivity contribution in [3.8, 4) is 5.75 Å². The van der Waals surface area contributed by atoms with E-state index in [9.17, 15) is 13.2 Å². The Morgan fingerprint density at radius 3 is 2.29 bits per heavy atom. The maximum Gasteiger partial charge on any atom is 0.258 e. The van der Waals surface area contributed by atoms with Crippen molar-refractivity contribution in [3.63, 3.8) is 0 Å². The quantitative estimate of drug-likeness (QED) is 0.399. The lowest BCUT2D eigenvalue weighted by Gasteiger charge is -2.43. The number of nitrogens with zero attached hydrogens (tertiary/aromatic N) is 1. The Labute approximate surface area is 209 Å². The maximum atomic E-state index is 12.9. The summed E-state index contributed by atoms with van der Waals surface area (Å²) >= 11 is 0. The van der Waals surface area contributed by atoms with Crippen LogP contribution < -0.4 is 9.15 Å². The Morgan fingerprint density at radius 1 is 1.15 bits per heavy atom. The van der Waals surface area contributed by atoms with E-state index < -0.39 is 18.3 Å². The van der Waals surface area contributed by atoms with Crippen LogP contribution in [0, 0.1) is 0 Å². The van der Waals surface area contributed by atoms with Gasteiger partial charge < -0.3 is 9.33 Å². The van der Waals surface area contributed by atoms with E-state index >= 15 is 0 Å². The van der Waals surface area contributed by atoms with Crippen molar-refractivity contribution in [1.82, 2.24) is 9.62 Å². The summed E-state index contributed by atoms with van der Waals surface area (Å²) < 4.78 is 33.8. The van der Waals surface area contributed by atoms with Crippen molar-refractivity contribution in [2.75, 3.05) is 12.8 Å². The van der Waals surface area contributed by atoms with E-state index in [1.54, 1.807) is 0 Å². The van der Waals surface area contributed by atoms with E-state index in [1.807, 2.05) is 24.0 Å².